The Bertz CT molecular complexity index is 2150. The number of benzene rings is 2. The minimum Gasteiger partial charge on any atom is -0.508 e. The molecule has 23 heteroatoms. The van der Waals surface area contributed by atoms with E-state index in [1.54, 1.807) is 78.1 Å². The number of nitrogens with two attached hydrogens (primary N) is 3. The maximum atomic E-state index is 14.1. The number of carbonyl (C=O) groups is 10. The van der Waals surface area contributed by atoms with Crippen molar-refractivity contribution in [2.45, 2.75) is 135 Å². The van der Waals surface area contributed by atoms with Crippen LogP contribution in [0.15, 0.2) is 54.6 Å². The molecule has 2 aromatic rings. The lowest BCUT2D eigenvalue weighted by atomic mass is 9.96. The summed E-state index contributed by atoms with van der Waals surface area (Å²) in [5.41, 5.74) is 18.4. The molecule has 0 unspecified atom stereocenters. The fraction of sp³-hybridized carbons (Fsp3) is 0.542. The van der Waals surface area contributed by atoms with Crippen molar-refractivity contribution in [3.8, 4) is 5.75 Å². The third-order valence-electron chi connectivity index (χ3n) is 11.3. The van der Waals surface area contributed by atoms with Crippen LogP contribution in [0, 0.1) is 17.8 Å². The predicted molar refractivity (Wildman–Crippen MR) is 265 cm³/mol. The topological polar surface area (TPSA) is 373 Å². The first-order valence-corrected chi connectivity index (χ1v) is 24.7. The molecule has 0 fully saturated rings. The van der Waals surface area contributed by atoms with Crippen LogP contribution in [0.4, 0.5) is 0 Å². The van der Waals surface area contributed by atoms with E-state index >= 15 is 0 Å². The van der Waals surface area contributed by atoms with E-state index in [0.29, 0.717) is 17.7 Å². The molecule has 0 aliphatic carbocycles. The van der Waals surface area contributed by atoms with E-state index in [9.17, 15) is 58.2 Å². The number of amides is 9. The number of carboxylic acid groups (broad SMARTS) is 1. The third kappa shape index (κ3) is 21.4. The molecule has 0 saturated carbocycles. The van der Waals surface area contributed by atoms with Gasteiger partial charge in [0.25, 0.3) is 0 Å². The summed E-state index contributed by atoms with van der Waals surface area (Å²) in [5, 5.41) is 37.3. The fourth-order valence-electron chi connectivity index (χ4n) is 7.17. The first kappa shape index (κ1) is 60.4. The van der Waals surface area contributed by atoms with Gasteiger partial charge in [0.05, 0.1) is 18.9 Å². The van der Waals surface area contributed by atoms with E-state index in [1.165, 1.54) is 36.0 Å². The first-order valence-electron chi connectivity index (χ1n) is 23.3. The van der Waals surface area contributed by atoms with E-state index in [0.717, 1.165) is 5.56 Å². The maximum Gasteiger partial charge on any atom is 0.305 e. The van der Waals surface area contributed by atoms with Gasteiger partial charge in [-0.05, 0) is 72.3 Å². The molecular weight excluding hydrogens is 941 g/mol. The summed E-state index contributed by atoms with van der Waals surface area (Å²) in [6.45, 7) is 10.2. The lowest BCUT2D eigenvalue weighted by molar-refractivity contribution is -0.142. The maximum absolute atomic E-state index is 14.1. The summed E-state index contributed by atoms with van der Waals surface area (Å²) in [6.07, 6.45) is 0.345. The molecule has 2 rings (SSSR count). The van der Waals surface area contributed by atoms with Gasteiger partial charge in [-0.2, -0.15) is 11.8 Å². The molecule has 22 nitrogen and oxygen atoms in total. The minimum atomic E-state index is -1.78. The van der Waals surface area contributed by atoms with Gasteiger partial charge in [-0.3, -0.25) is 47.9 Å². The van der Waals surface area contributed by atoms with Crippen LogP contribution in [-0.2, 0) is 60.8 Å². The molecule has 392 valence electrons. The number of phenolic OH excluding ortho intramolecular Hbond substituents is 1. The van der Waals surface area contributed by atoms with Gasteiger partial charge >= 0.3 is 5.97 Å². The average Bonchev–Trinajstić information content (AvgIpc) is 3.29. The molecule has 0 bridgehead atoms. The van der Waals surface area contributed by atoms with Crippen LogP contribution in [-0.4, -0.2) is 130 Å². The van der Waals surface area contributed by atoms with E-state index in [1.807, 2.05) is 0 Å². The number of aliphatic carboxylic acids is 1. The SMILES string of the molecule is CC[C@H](C)[C@H](NC(=O)[C@@H](N)Cc1ccccc1)C(=O)N[C@@H](CC(=O)O)C(=O)N[C@@H](CC(C)C)C(=O)N[C@@H](CC(N)=O)C(=O)N[C@@H](Cc1ccc(O)cc1)C(=O)N[C@@H](CCSC)C(=O)N[C@H](C(N)=O)C(C)C. The second-order valence-corrected chi connectivity index (χ2v) is 19.1. The Hall–Kier alpha value is -6.75. The van der Waals surface area contributed by atoms with Crippen LogP contribution in [0.5, 0.6) is 5.75 Å². The molecule has 9 amide bonds. The van der Waals surface area contributed by atoms with E-state index in [4.69, 9.17) is 17.2 Å². The van der Waals surface area contributed by atoms with E-state index in [-0.39, 0.29) is 37.4 Å². The molecule has 0 spiro atoms. The number of hydrogen-bond acceptors (Lipinski definition) is 13. The Morgan fingerprint density at radius 1 is 0.577 bits per heavy atom. The van der Waals surface area contributed by atoms with Crippen molar-refractivity contribution in [1.82, 2.24) is 37.2 Å². The average molecular weight is 1010 g/mol. The van der Waals surface area contributed by atoms with Gasteiger partial charge in [-0.1, -0.05) is 90.4 Å². The number of thioether (sulfide) groups is 1. The van der Waals surface area contributed by atoms with Crippen molar-refractivity contribution in [2.75, 3.05) is 12.0 Å². The molecule has 0 radical (unpaired) electrons. The number of rotatable bonds is 31. The summed E-state index contributed by atoms with van der Waals surface area (Å²) >= 11 is 1.38. The first-order chi connectivity index (χ1) is 33.4. The highest BCUT2D eigenvalue weighted by atomic mass is 32.2. The summed E-state index contributed by atoms with van der Waals surface area (Å²) in [7, 11) is 0. The monoisotopic (exact) mass is 1010 g/mol. The van der Waals surface area contributed by atoms with Gasteiger partial charge in [0.15, 0.2) is 0 Å². The highest BCUT2D eigenvalue weighted by Crippen LogP contribution is 2.15. The summed E-state index contributed by atoms with van der Waals surface area (Å²) in [6, 6.07) is 3.46. The van der Waals surface area contributed by atoms with Crippen molar-refractivity contribution >= 4 is 70.9 Å². The van der Waals surface area contributed by atoms with Crippen LogP contribution in [0.3, 0.4) is 0 Å². The van der Waals surface area contributed by atoms with Gasteiger partial charge in [-0.15, -0.1) is 0 Å². The standard InChI is InChI=1S/C48H72N10O12S/c1-8-27(6)40(58-42(64)31(49)21-28-12-10-9-11-13-28)48(70)56-36(24-38(61)62)47(69)53-33(20-25(2)3)44(66)55-35(23-37(50)60)46(68)54-34(22-29-14-16-30(59)17-15-29)45(67)52-32(18-19-71-7)43(65)57-39(26(4)5)41(51)63/h9-17,25-27,31-36,39-40,59H,8,18-24,49H2,1-7H3,(H2,50,60)(H2,51,63)(H,52,67)(H,53,69)(H,54,68)(H,55,66)(H,56,70)(H,57,65)(H,58,64)(H,61,62)/t27-,31-,32-,33-,34-,35-,36-,39-,40-/m0/s1. The number of carbonyl (C=O) groups excluding carboxylic acids is 9. The number of carboxylic acids is 1. The Kier molecular flexibility index (Phi) is 25.6. The van der Waals surface area contributed by atoms with Gasteiger partial charge in [-0.25, -0.2) is 0 Å². The zero-order valence-electron chi connectivity index (χ0n) is 41.3. The summed E-state index contributed by atoms with van der Waals surface area (Å²) in [5.74, 6) is -10.6. The zero-order valence-corrected chi connectivity index (χ0v) is 42.1. The summed E-state index contributed by atoms with van der Waals surface area (Å²) < 4.78 is 0. The molecule has 0 saturated heterocycles. The van der Waals surface area contributed by atoms with Crippen LogP contribution >= 0.6 is 11.8 Å². The van der Waals surface area contributed by atoms with Gasteiger partial charge < -0.3 is 64.6 Å². The highest BCUT2D eigenvalue weighted by molar-refractivity contribution is 7.98. The Morgan fingerprint density at radius 2 is 1.06 bits per heavy atom. The highest BCUT2D eigenvalue weighted by Gasteiger charge is 2.36. The number of nitrogens with one attached hydrogen (secondary N) is 7. The van der Waals surface area contributed by atoms with Crippen molar-refractivity contribution < 1.29 is 58.2 Å². The molecule has 9 atom stereocenters. The number of phenols is 1. The van der Waals surface area contributed by atoms with Crippen molar-refractivity contribution in [3.63, 3.8) is 0 Å². The van der Waals surface area contributed by atoms with Crippen LogP contribution in [0.25, 0.3) is 0 Å². The van der Waals surface area contributed by atoms with Gasteiger partial charge in [0.2, 0.25) is 53.2 Å². The Morgan fingerprint density at radius 3 is 1.58 bits per heavy atom. The lowest BCUT2D eigenvalue weighted by Gasteiger charge is -2.29. The molecule has 0 aromatic heterocycles. The summed E-state index contributed by atoms with van der Waals surface area (Å²) in [4.78, 5) is 133. The van der Waals surface area contributed by atoms with E-state index < -0.39 is 132 Å². The van der Waals surface area contributed by atoms with Gasteiger partial charge in [0.1, 0.15) is 48.0 Å². The normalized spacial score (nSPS) is 15.0. The van der Waals surface area contributed by atoms with Crippen molar-refractivity contribution in [2.24, 2.45) is 35.0 Å². The molecule has 71 heavy (non-hydrogen) atoms. The van der Waals surface area contributed by atoms with E-state index in [2.05, 4.69) is 37.2 Å². The molecule has 0 aliphatic heterocycles. The predicted octanol–water partition coefficient (Wildman–Crippen LogP) is -0.765. The molecule has 15 N–H and O–H groups in total. The lowest BCUT2D eigenvalue weighted by Crippen LogP contribution is -2.61. The minimum absolute atomic E-state index is 0.0928. The number of primary amides is 2. The number of aromatic hydroxyl groups is 1. The Labute approximate surface area is 418 Å². The van der Waals surface area contributed by atoms with Crippen LogP contribution in [0.2, 0.25) is 0 Å². The number of hydrogen-bond donors (Lipinski definition) is 12. The fourth-order valence-corrected chi connectivity index (χ4v) is 7.64. The molecule has 0 heterocycles. The van der Waals surface area contributed by atoms with Crippen molar-refractivity contribution in [3.05, 3.63) is 65.7 Å². The van der Waals surface area contributed by atoms with Crippen LogP contribution in [0.1, 0.15) is 84.8 Å². The van der Waals surface area contributed by atoms with Crippen molar-refractivity contribution in [1.29, 1.82) is 0 Å². The second kappa shape index (κ2) is 30.1. The molecule has 0 aliphatic rings. The smallest absolute Gasteiger partial charge is 0.305 e. The second-order valence-electron chi connectivity index (χ2n) is 18.2. The zero-order chi connectivity index (χ0) is 53.5. The largest absolute Gasteiger partial charge is 0.508 e. The molecule has 2 aromatic carbocycles. The third-order valence-corrected chi connectivity index (χ3v) is 12.0. The Balaban J connectivity index is 2.43. The quantitative estimate of drug-likeness (QED) is 0.0442. The molecular formula is C48H72N10O12S. The van der Waals surface area contributed by atoms with Gasteiger partial charge in [0, 0.05) is 6.42 Å². The van der Waals surface area contributed by atoms with Crippen LogP contribution < -0.4 is 54.4 Å².